The lowest BCUT2D eigenvalue weighted by Crippen LogP contribution is -2.44. The summed E-state index contributed by atoms with van der Waals surface area (Å²) in [5.74, 6) is -0.335. The predicted molar refractivity (Wildman–Crippen MR) is 103 cm³/mol. The number of pyridine rings is 1. The normalized spacial score (nSPS) is 16.5. The molecule has 1 amide bonds. The van der Waals surface area contributed by atoms with Gasteiger partial charge in [-0.25, -0.2) is 8.42 Å². The molecular weight excluding hydrogens is 350 g/mol. The number of para-hydroxylation sites is 1. The van der Waals surface area contributed by atoms with Gasteiger partial charge in [0.1, 0.15) is 0 Å². The third-order valence-electron chi connectivity index (χ3n) is 4.86. The van der Waals surface area contributed by atoms with Crippen molar-refractivity contribution in [2.24, 2.45) is 0 Å². The summed E-state index contributed by atoms with van der Waals surface area (Å²) in [7, 11) is -3.45. The number of nitrogens with zero attached hydrogens (tertiary/aromatic N) is 2. The molecule has 1 aliphatic rings. The Morgan fingerprint density at radius 1 is 1.15 bits per heavy atom. The molecule has 1 N–H and O–H groups in total. The average Bonchev–Trinajstić information content (AvgIpc) is 2.88. The number of aromatic nitrogens is 1. The molecule has 0 atom stereocenters. The molecule has 0 saturated heterocycles. The maximum Gasteiger partial charge on any atom is 0.239 e. The fraction of sp³-hybridized carbons (Fsp3) is 0.474. The minimum atomic E-state index is -3.45. The van der Waals surface area contributed by atoms with Gasteiger partial charge < -0.3 is 5.32 Å². The van der Waals surface area contributed by atoms with Crippen molar-refractivity contribution in [1.29, 1.82) is 0 Å². The van der Waals surface area contributed by atoms with Crippen molar-refractivity contribution in [3.63, 3.8) is 0 Å². The molecule has 0 aliphatic heterocycles. The second kappa shape index (κ2) is 8.14. The largest absolute Gasteiger partial charge is 0.323 e. The highest BCUT2D eigenvalue weighted by Gasteiger charge is 2.29. The smallest absolute Gasteiger partial charge is 0.239 e. The van der Waals surface area contributed by atoms with Crippen molar-refractivity contribution in [3.05, 3.63) is 36.5 Å². The van der Waals surface area contributed by atoms with E-state index in [-0.39, 0.29) is 18.5 Å². The first kappa shape index (κ1) is 18.8. The number of carbonyl (C=O) groups is 1. The Hall–Kier alpha value is -1.99. The number of carbonyl (C=O) groups excluding carboxylic acids is 1. The SMILES string of the molecule is CS(=O)(=O)N(CC(=O)Nc1cccc2cccnc12)C1CCCCCC1. The Morgan fingerprint density at radius 3 is 2.54 bits per heavy atom. The first-order chi connectivity index (χ1) is 12.4. The van der Waals surface area contributed by atoms with Gasteiger partial charge in [-0.2, -0.15) is 4.31 Å². The Labute approximate surface area is 154 Å². The van der Waals surface area contributed by atoms with Crippen LogP contribution in [0.4, 0.5) is 5.69 Å². The van der Waals surface area contributed by atoms with Gasteiger partial charge in [0.05, 0.1) is 24.0 Å². The van der Waals surface area contributed by atoms with Gasteiger partial charge in [0.2, 0.25) is 15.9 Å². The van der Waals surface area contributed by atoms with Gasteiger partial charge in [0.25, 0.3) is 0 Å². The summed E-state index contributed by atoms with van der Waals surface area (Å²) in [5.41, 5.74) is 1.30. The molecule has 1 aromatic carbocycles. The number of anilines is 1. The van der Waals surface area contributed by atoms with Gasteiger partial charge in [0.15, 0.2) is 0 Å². The van der Waals surface area contributed by atoms with Crippen LogP contribution in [0.1, 0.15) is 38.5 Å². The number of rotatable bonds is 5. The van der Waals surface area contributed by atoms with Crippen molar-refractivity contribution in [2.75, 3.05) is 18.1 Å². The van der Waals surface area contributed by atoms with Crippen LogP contribution in [0, 0.1) is 0 Å². The number of benzene rings is 1. The van der Waals surface area contributed by atoms with E-state index in [1.165, 1.54) is 10.6 Å². The van der Waals surface area contributed by atoms with Gasteiger partial charge in [-0.05, 0) is 25.0 Å². The summed E-state index contributed by atoms with van der Waals surface area (Å²) in [4.78, 5) is 16.9. The van der Waals surface area contributed by atoms with Crippen LogP contribution in [0.5, 0.6) is 0 Å². The van der Waals surface area contributed by atoms with Crippen molar-refractivity contribution in [1.82, 2.24) is 9.29 Å². The molecule has 2 aromatic rings. The zero-order valence-corrected chi connectivity index (χ0v) is 15.8. The van der Waals surface area contributed by atoms with Crippen LogP contribution in [-0.2, 0) is 14.8 Å². The maximum atomic E-state index is 12.6. The Balaban J connectivity index is 1.77. The molecule has 1 fully saturated rings. The molecule has 6 nitrogen and oxygen atoms in total. The Bertz CT molecular complexity index is 869. The lowest BCUT2D eigenvalue weighted by atomic mass is 10.1. The molecule has 1 aliphatic carbocycles. The van der Waals surface area contributed by atoms with Crippen LogP contribution < -0.4 is 5.32 Å². The fourth-order valence-electron chi connectivity index (χ4n) is 3.60. The molecule has 0 spiro atoms. The van der Waals surface area contributed by atoms with Crippen molar-refractivity contribution in [3.8, 4) is 0 Å². The minimum Gasteiger partial charge on any atom is -0.323 e. The molecule has 0 bridgehead atoms. The van der Waals surface area contributed by atoms with Crippen LogP contribution in [0.25, 0.3) is 10.9 Å². The maximum absolute atomic E-state index is 12.6. The summed E-state index contributed by atoms with van der Waals surface area (Å²) in [6.07, 6.45) is 8.75. The van der Waals surface area contributed by atoms with Crippen LogP contribution >= 0.6 is 0 Å². The fourth-order valence-corrected chi connectivity index (χ4v) is 4.70. The van der Waals surface area contributed by atoms with Gasteiger partial charge in [-0.15, -0.1) is 0 Å². The molecule has 26 heavy (non-hydrogen) atoms. The summed E-state index contributed by atoms with van der Waals surface area (Å²) < 4.78 is 25.9. The molecule has 1 saturated carbocycles. The summed E-state index contributed by atoms with van der Waals surface area (Å²) >= 11 is 0. The van der Waals surface area contributed by atoms with Gasteiger partial charge >= 0.3 is 0 Å². The van der Waals surface area contributed by atoms with Gasteiger partial charge in [-0.3, -0.25) is 9.78 Å². The van der Waals surface area contributed by atoms with E-state index in [1.54, 1.807) is 12.3 Å². The predicted octanol–water partition coefficient (Wildman–Crippen LogP) is 3.16. The standard InChI is InChI=1S/C19H25N3O3S/c1-26(24,25)22(16-10-4-2-3-5-11-16)14-18(23)21-17-12-6-8-15-9-7-13-20-19(15)17/h6-9,12-13,16H,2-5,10-11,14H2,1H3,(H,21,23). The number of amides is 1. The minimum absolute atomic E-state index is 0.0936. The quantitative estimate of drug-likeness (QED) is 0.814. The number of sulfonamides is 1. The average molecular weight is 375 g/mol. The summed E-state index contributed by atoms with van der Waals surface area (Å²) in [6, 6.07) is 9.22. The number of hydrogen-bond acceptors (Lipinski definition) is 4. The lowest BCUT2D eigenvalue weighted by molar-refractivity contribution is -0.116. The molecule has 140 valence electrons. The van der Waals surface area contributed by atoms with Gasteiger partial charge in [0, 0.05) is 17.6 Å². The number of fused-ring (bicyclic) bond motifs is 1. The van der Waals surface area contributed by atoms with E-state index in [0.29, 0.717) is 11.2 Å². The molecule has 1 heterocycles. The molecule has 1 aromatic heterocycles. The highest BCUT2D eigenvalue weighted by atomic mass is 32.2. The summed E-state index contributed by atoms with van der Waals surface area (Å²) in [5, 5.41) is 3.76. The highest BCUT2D eigenvalue weighted by molar-refractivity contribution is 7.88. The molecule has 0 unspecified atom stereocenters. The van der Waals surface area contributed by atoms with Crippen LogP contribution in [0.15, 0.2) is 36.5 Å². The first-order valence-electron chi connectivity index (χ1n) is 9.05. The molecule has 3 rings (SSSR count). The third kappa shape index (κ3) is 4.59. The summed E-state index contributed by atoms with van der Waals surface area (Å²) in [6.45, 7) is -0.160. The molecule has 0 radical (unpaired) electrons. The van der Waals surface area contributed by atoms with E-state index in [0.717, 1.165) is 43.9 Å². The number of nitrogens with one attached hydrogen (secondary N) is 1. The van der Waals surface area contributed by atoms with Crippen LogP contribution in [-0.4, -0.2) is 42.5 Å². The zero-order valence-electron chi connectivity index (χ0n) is 15.0. The van der Waals surface area contributed by atoms with E-state index >= 15 is 0 Å². The van der Waals surface area contributed by atoms with E-state index in [1.807, 2.05) is 24.3 Å². The molecule has 7 heteroatoms. The van der Waals surface area contributed by atoms with Crippen molar-refractivity contribution >= 4 is 32.5 Å². The Morgan fingerprint density at radius 2 is 1.85 bits per heavy atom. The third-order valence-corrected chi connectivity index (χ3v) is 6.14. The van der Waals surface area contributed by atoms with Crippen LogP contribution in [0.2, 0.25) is 0 Å². The zero-order chi connectivity index (χ0) is 18.6. The van der Waals surface area contributed by atoms with Crippen LogP contribution in [0.3, 0.4) is 0 Å². The lowest BCUT2D eigenvalue weighted by Gasteiger charge is -2.28. The van der Waals surface area contributed by atoms with Crippen molar-refractivity contribution < 1.29 is 13.2 Å². The van der Waals surface area contributed by atoms with Crippen molar-refractivity contribution in [2.45, 2.75) is 44.6 Å². The second-order valence-electron chi connectivity index (χ2n) is 6.88. The van der Waals surface area contributed by atoms with E-state index < -0.39 is 10.0 Å². The topological polar surface area (TPSA) is 79.4 Å². The Kier molecular flexibility index (Phi) is 5.88. The monoisotopic (exact) mass is 375 g/mol. The first-order valence-corrected chi connectivity index (χ1v) is 10.9. The van der Waals surface area contributed by atoms with Gasteiger partial charge in [-0.1, -0.05) is 43.9 Å². The van der Waals surface area contributed by atoms with E-state index in [9.17, 15) is 13.2 Å². The number of hydrogen-bond donors (Lipinski definition) is 1. The molecular formula is C19H25N3O3S. The highest BCUT2D eigenvalue weighted by Crippen LogP contribution is 2.24. The van der Waals surface area contributed by atoms with E-state index in [2.05, 4.69) is 10.3 Å². The van der Waals surface area contributed by atoms with E-state index in [4.69, 9.17) is 0 Å². The second-order valence-corrected chi connectivity index (χ2v) is 8.82.